The molecule has 10 rings (SSSR count). The Kier molecular flexibility index (Phi) is 3.71. The van der Waals surface area contributed by atoms with Gasteiger partial charge in [0, 0.05) is 5.41 Å². The Morgan fingerprint density at radius 1 is 0.541 bits per heavy atom. The molecule has 11 atom stereocenters. The molecule has 3 aromatic rings. The minimum atomic E-state index is 0.181. The molecular weight excluding hydrogens is 448 g/mol. The summed E-state index contributed by atoms with van der Waals surface area (Å²) in [6.45, 7) is 0. The number of allylic oxidation sites excluding steroid dienone is 2. The fraction of sp³-hybridized carbons (Fsp3) is 0.444. The third-order valence-electron chi connectivity index (χ3n) is 12.8. The number of ether oxygens (including phenoxy) is 1. The van der Waals surface area contributed by atoms with Gasteiger partial charge in [0.25, 0.3) is 0 Å². The summed E-state index contributed by atoms with van der Waals surface area (Å²) in [7, 11) is 0. The van der Waals surface area contributed by atoms with E-state index in [1.807, 2.05) is 0 Å². The molecule has 5 saturated carbocycles. The molecule has 3 aromatic carbocycles. The van der Waals surface area contributed by atoms with Crippen LogP contribution >= 0.6 is 0 Å². The van der Waals surface area contributed by atoms with E-state index in [0.717, 1.165) is 70.7 Å². The van der Waals surface area contributed by atoms with E-state index >= 15 is 0 Å². The highest BCUT2D eigenvalue weighted by atomic mass is 16.5. The summed E-state index contributed by atoms with van der Waals surface area (Å²) in [4.78, 5) is 0. The first-order valence-electron chi connectivity index (χ1n) is 14.9. The van der Waals surface area contributed by atoms with Crippen LogP contribution in [-0.2, 0) is 5.41 Å². The van der Waals surface area contributed by atoms with E-state index in [1.165, 1.54) is 30.4 Å². The van der Waals surface area contributed by atoms with Crippen molar-refractivity contribution in [2.45, 2.75) is 37.5 Å². The summed E-state index contributed by atoms with van der Waals surface area (Å²) in [5, 5.41) is 0. The molecule has 37 heavy (non-hydrogen) atoms. The molecule has 0 radical (unpaired) electrons. The summed E-state index contributed by atoms with van der Waals surface area (Å²) in [5.41, 5.74) is 6.29. The molecular formula is C36H34O. The van der Waals surface area contributed by atoms with Crippen LogP contribution in [0.4, 0.5) is 0 Å². The maximum Gasteiger partial charge on any atom is 0.127 e. The van der Waals surface area contributed by atoms with Crippen LogP contribution in [0.5, 0.6) is 11.5 Å². The normalized spacial score (nSPS) is 44.2. The van der Waals surface area contributed by atoms with Crippen LogP contribution in [0.15, 0.2) is 84.9 Å². The van der Waals surface area contributed by atoms with Crippen LogP contribution in [0.1, 0.15) is 43.2 Å². The van der Waals surface area contributed by atoms with Crippen molar-refractivity contribution in [1.82, 2.24) is 0 Å². The van der Waals surface area contributed by atoms with Crippen LogP contribution in [0, 0.1) is 59.2 Å². The van der Waals surface area contributed by atoms with Gasteiger partial charge in [-0.05, 0) is 138 Å². The highest BCUT2D eigenvalue weighted by Crippen LogP contribution is 2.76. The van der Waals surface area contributed by atoms with E-state index in [-0.39, 0.29) is 5.41 Å². The molecule has 0 heterocycles. The van der Waals surface area contributed by atoms with Gasteiger partial charge in [0.1, 0.15) is 11.5 Å². The Morgan fingerprint density at radius 3 is 2.19 bits per heavy atom. The molecule has 1 heteroatoms. The van der Waals surface area contributed by atoms with Gasteiger partial charge >= 0.3 is 0 Å². The second-order valence-corrected chi connectivity index (χ2v) is 13.7. The standard InChI is InChI=1S/C36H34O/c1-2-6-22(7-3-1)37-23-12-13-25-24-8-4-5-9-32(24)36(33(25)15-23)18-30-27-17-29(31(30)19-36)35-28(27)16-26-20-10-11-21(14-20)34(26)35/h1-13,15,20-21,26-31,34-35H,14,16-19H2. The van der Waals surface area contributed by atoms with Crippen molar-refractivity contribution < 1.29 is 4.74 Å². The predicted octanol–water partition coefficient (Wildman–Crippen LogP) is 8.50. The molecule has 7 aliphatic rings. The average Bonchev–Trinajstić information content (AvgIpc) is 3.76. The second-order valence-electron chi connectivity index (χ2n) is 13.7. The van der Waals surface area contributed by atoms with Gasteiger partial charge in [0.05, 0.1) is 0 Å². The molecule has 4 bridgehead atoms. The third kappa shape index (κ3) is 2.39. The summed E-state index contributed by atoms with van der Waals surface area (Å²) in [5.74, 6) is 11.7. The first-order chi connectivity index (χ1) is 18.3. The fourth-order valence-electron chi connectivity index (χ4n) is 12.0. The van der Waals surface area contributed by atoms with Crippen LogP contribution < -0.4 is 4.74 Å². The lowest BCUT2D eigenvalue weighted by Gasteiger charge is -2.38. The Labute approximate surface area is 219 Å². The highest BCUT2D eigenvalue weighted by molar-refractivity contribution is 5.82. The highest BCUT2D eigenvalue weighted by Gasteiger charge is 2.70. The average molecular weight is 483 g/mol. The summed E-state index contributed by atoms with van der Waals surface area (Å²) in [6, 6.07) is 26.6. The van der Waals surface area contributed by atoms with Crippen molar-refractivity contribution in [1.29, 1.82) is 0 Å². The smallest absolute Gasteiger partial charge is 0.127 e. The Morgan fingerprint density at radius 2 is 1.27 bits per heavy atom. The van der Waals surface area contributed by atoms with Crippen LogP contribution in [0.3, 0.4) is 0 Å². The minimum Gasteiger partial charge on any atom is -0.457 e. The molecule has 0 N–H and O–H groups in total. The van der Waals surface area contributed by atoms with Crippen LogP contribution in [0.2, 0.25) is 0 Å². The lowest BCUT2D eigenvalue weighted by molar-refractivity contribution is 0.102. The van der Waals surface area contributed by atoms with Crippen molar-refractivity contribution in [2.75, 3.05) is 0 Å². The van der Waals surface area contributed by atoms with E-state index in [9.17, 15) is 0 Å². The van der Waals surface area contributed by atoms with Gasteiger partial charge in [-0.3, -0.25) is 0 Å². The topological polar surface area (TPSA) is 9.23 Å². The molecule has 1 spiro atoms. The van der Waals surface area contributed by atoms with Crippen molar-refractivity contribution in [3.8, 4) is 22.6 Å². The van der Waals surface area contributed by atoms with Gasteiger partial charge in [-0.2, -0.15) is 0 Å². The first kappa shape index (κ1) is 20.2. The van der Waals surface area contributed by atoms with Gasteiger partial charge in [-0.25, -0.2) is 0 Å². The molecule has 0 amide bonds. The van der Waals surface area contributed by atoms with Gasteiger partial charge in [0.15, 0.2) is 0 Å². The zero-order valence-corrected chi connectivity index (χ0v) is 21.3. The van der Waals surface area contributed by atoms with E-state index in [1.54, 1.807) is 24.0 Å². The predicted molar refractivity (Wildman–Crippen MR) is 146 cm³/mol. The second kappa shape index (κ2) is 6.79. The molecule has 7 aliphatic carbocycles. The number of hydrogen-bond acceptors (Lipinski definition) is 1. The number of para-hydroxylation sites is 1. The SMILES string of the molecule is C1=CC2CC1C1CC3C4CC(C5CC6(CC54)c4ccccc4-c4ccc(Oc5ccccc5)cc46)C3C21. The van der Waals surface area contributed by atoms with Crippen LogP contribution in [0.25, 0.3) is 11.1 Å². The van der Waals surface area contributed by atoms with E-state index in [0.29, 0.717) is 0 Å². The first-order valence-corrected chi connectivity index (χ1v) is 14.9. The van der Waals surface area contributed by atoms with Crippen molar-refractivity contribution in [2.24, 2.45) is 59.2 Å². The Bertz CT molecular complexity index is 1470. The molecule has 11 unspecified atom stereocenters. The number of rotatable bonds is 2. The van der Waals surface area contributed by atoms with Crippen molar-refractivity contribution in [3.63, 3.8) is 0 Å². The quantitative estimate of drug-likeness (QED) is 0.333. The monoisotopic (exact) mass is 482 g/mol. The van der Waals surface area contributed by atoms with E-state index < -0.39 is 0 Å². The number of fused-ring (bicyclic) bond motifs is 19. The lowest BCUT2D eigenvalue weighted by atomic mass is 9.67. The molecule has 5 fully saturated rings. The maximum atomic E-state index is 6.38. The Hall–Kier alpha value is -2.80. The van der Waals surface area contributed by atoms with Gasteiger partial charge < -0.3 is 4.74 Å². The zero-order valence-electron chi connectivity index (χ0n) is 21.3. The molecule has 0 aromatic heterocycles. The van der Waals surface area contributed by atoms with Gasteiger partial charge in [0.2, 0.25) is 0 Å². The number of hydrogen-bond donors (Lipinski definition) is 0. The lowest BCUT2D eigenvalue weighted by Crippen LogP contribution is -2.33. The third-order valence-corrected chi connectivity index (χ3v) is 12.8. The Balaban J connectivity index is 1.05. The summed E-state index contributed by atoms with van der Waals surface area (Å²) >= 11 is 0. The van der Waals surface area contributed by atoms with E-state index in [2.05, 4.69) is 84.9 Å². The van der Waals surface area contributed by atoms with E-state index in [4.69, 9.17) is 4.74 Å². The fourth-order valence-corrected chi connectivity index (χ4v) is 12.0. The maximum absolute atomic E-state index is 6.38. The number of benzene rings is 3. The van der Waals surface area contributed by atoms with Crippen molar-refractivity contribution in [3.05, 3.63) is 96.1 Å². The van der Waals surface area contributed by atoms with Gasteiger partial charge in [-0.15, -0.1) is 0 Å². The molecule has 1 nitrogen and oxygen atoms in total. The van der Waals surface area contributed by atoms with Crippen molar-refractivity contribution >= 4 is 0 Å². The molecule has 0 aliphatic heterocycles. The molecule has 184 valence electrons. The summed E-state index contributed by atoms with van der Waals surface area (Å²) < 4.78 is 6.38. The molecule has 0 saturated heterocycles. The largest absolute Gasteiger partial charge is 0.457 e. The summed E-state index contributed by atoms with van der Waals surface area (Å²) in [6.07, 6.45) is 12.6. The zero-order chi connectivity index (χ0) is 23.9. The minimum absolute atomic E-state index is 0.181. The van der Waals surface area contributed by atoms with Gasteiger partial charge in [-0.1, -0.05) is 60.7 Å². The van der Waals surface area contributed by atoms with Crippen LogP contribution in [-0.4, -0.2) is 0 Å².